The van der Waals surface area contributed by atoms with Crippen molar-refractivity contribution in [2.75, 3.05) is 15.4 Å². The highest BCUT2D eigenvalue weighted by Crippen LogP contribution is 2.20. The van der Waals surface area contributed by atoms with Gasteiger partial charge in [-0.1, -0.05) is 17.7 Å². The van der Waals surface area contributed by atoms with Gasteiger partial charge in [-0.3, -0.25) is 4.72 Å². The smallest absolute Gasteiger partial charge is 0.261 e. The fraction of sp³-hybridized carbons (Fsp3) is 0.0500. The molecule has 0 atom stereocenters. The highest BCUT2D eigenvalue weighted by atomic mass is 32.2. The molecule has 0 aromatic heterocycles. The molecule has 0 bridgehead atoms. The molecule has 0 fully saturated rings. The summed E-state index contributed by atoms with van der Waals surface area (Å²) >= 11 is 5.11. The first-order valence-corrected chi connectivity index (χ1v) is 10.3. The van der Waals surface area contributed by atoms with Crippen LogP contribution in [0, 0.1) is 18.6 Å². The molecule has 0 radical (unpaired) electrons. The molecule has 9 heteroatoms. The molecule has 3 aromatic rings. The quantitative estimate of drug-likeness (QED) is 0.500. The van der Waals surface area contributed by atoms with Crippen LogP contribution in [0.15, 0.2) is 71.6 Å². The highest BCUT2D eigenvalue weighted by molar-refractivity contribution is 7.92. The van der Waals surface area contributed by atoms with E-state index in [9.17, 15) is 17.2 Å². The Morgan fingerprint density at radius 1 is 0.862 bits per heavy atom. The fourth-order valence-electron chi connectivity index (χ4n) is 2.43. The van der Waals surface area contributed by atoms with E-state index in [-0.39, 0.29) is 15.7 Å². The predicted octanol–water partition coefficient (Wildman–Crippen LogP) is 4.88. The van der Waals surface area contributed by atoms with Crippen LogP contribution in [-0.4, -0.2) is 13.5 Å². The van der Waals surface area contributed by atoms with Gasteiger partial charge in [0.2, 0.25) is 0 Å². The maximum absolute atomic E-state index is 13.7. The Hall–Kier alpha value is -3.04. The van der Waals surface area contributed by atoms with Crippen LogP contribution in [0.25, 0.3) is 0 Å². The summed E-state index contributed by atoms with van der Waals surface area (Å²) < 4.78 is 53.9. The third kappa shape index (κ3) is 5.49. The van der Waals surface area contributed by atoms with Crippen LogP contribution in [0.4, 0.5) is 25.8 Å². The Balaban J connectivity index is 1.63. The second kappa shape index (κ2) is 8.54. The van der Waals surface area contributed by atoms with Crippen LogP contribution >= 0.6 is 12.2 Å². The predicted molar refractivity (Wildman–Crippen MR) is 115 cm³/mol. The van der Waals surface area contributed by atoms with E-state index in [1.165, 1.54) is 18.2 Å². The summed E-state index contributed by atoms with van der Waals surface area (Å²) in [5.74, 6) is -1.45. The van der Waals surface area contributed by atoms with Crippen molar-refractivity contribution in [3.63, 3.8) is 0 Å². The average Bonchev–Trinajstić information content (AvgIpc) is 2.66. The lowest BCUT2D eigenvalue weighted by atomic mass is 10.2. The topological polar surface area (TPSA) is 70.2 Å². The van der Waals surface area contributed by atoms with Crippen molar-refractivity contribution in [3.8, 4) is 0 Å². The van der Waals surface area contributed by atoms with Gasteiger partial charge in [0.05, 0.1) is 10.6 Å². The zero-order valence-electron chi connectivity index (χ0n) is 15.2. The molecule has 29 heavy (non-hydrogen) atoms. The minimum atomic E-state index is -3.70. The molecule has 0 heterocycles. The van der Waals surface area contributed by atoms with Crippen molar-refractivity contribution in [1.82, 2.24) is 0 Å². The van der Waals surface area contributed by atoms with Crippen LogP contribution in [0.2, 0.25) is 0 Å². The van der Waals surface area contributed by atoms with Gasteiger partial charge in [0, 0.05) is 17.4 Å². The Labute approximate surface area is 172 Å². The number of benzene rings is 3. The molecule has 0 aliphatic carbocycles. The van der Waals surface area contributed by atoms with Gasteiger partial charge in [-0.2, -0.15) is 0 Å². The molecule has 0 saturated carbocycles. The summed E-state index contributed by atoms with van der Waals surface area (Å²) in [5.41, 5.74) is 1.93. The van der Waals surface area contributed by atoms with Gasteiger partial charge >= 0.3 is 0 Å². The summed E-state index contributed by atoms with van der Waals surface area (Å²) in [7, 11) is -3.70. The van der Waals surface area contributed by atoms with Gasteiger partial charge in [0.25, 0.3) is 10.0 Å². The fourth-order valence-corrected chi connectivity index (χ4v) is 3.72. The number of hydrogen-bond acceptors (Lipinski definition) is 3. The maximum Gasteiger partial charge on any atom is 0.261 e. The van der Waals surface area contributed by atoms with E-state index >= 15 is 0 Å². The molecule has 0 aliphatic heterocycles. The third-order valence-electron chi connectivity index (χ3n) is 3.91. The normalized spacial score (nSPS) is 11.0. The summed E-state index contributed by atoms with van der Waals surface area (Å²) in [5, 5.41) is 5.58. The van der Waals surface area contributed by atoms with Gasteiger partial charge in [-0.15, -0.1) is 0 Å². The standard InChI is InChI=1S/C20H17F2N3O2S2/c1-13-2-9-17(10-3-13)29(26,27)25-16-7-5-15(6-8-16)23-20(28)24-19-11-4-14(21)12-18(19)22/h2-12,25H,1H3,(H2,23,24,28). The number of nitrogens with one attached hydrogen (secondary N) is 3. The van der Waals surface area contributed by atoms with Crippen molar-refractivity contribution >= 4 is 44.4 Å². The van der Waals surface area contributed by atoms with Crippen molar-refractivity contribution in [1.29, 1.82) is 0 Å². The van der Waals surface area contributed by atoms with E-state index in [1.54, 1.807) is 36.4 Å². The molecule has 0 aliphatic rings. The molecule has 0 amide bonds. The van der Waals surface area contributed by atoms with Gasteiger partial charge in [-0.25, -0.2) is 17.2 Å². The Bertz CT molecular complexity index is 1130. The van der Waals surface area contributed by atoms with E-state index in [2.05, 4.69) is 15.4 Å². The SMILES string of the molecule is Cc1ccc(S(=O)(=O)Nc2ccc(NC(=S)Nc3ccc(F)cc3F)cc2)cc1. The second-order valence-electron chi connectivity index (χ2n) is 6.20. The molecule has 5 nitrogen and oxygen atoms in total. The number of rotatable bonds is 5. The van der Waals surface area contributed by atoms with Crippen molar-refractivity contribution in [2.24, 2.45) is 0 Å². The number of halogens is 2. The van der Waals surface area contributed by atoms with Gasteiger partial charge in [0.15, 0.2) is 5.11 Å². The second-order valence-corrected chi connectivity index (χ2v) is 8.29. The largest absolute Gasteiger partial charge is 0.332 e. The van der Waals surface area contributed by atoms with Gasteiger partial charge in [-0.05, 0) is 67.7 Å². The summed E-state index contributed by atoms with van der Waals surface area (Å²) in [6.07, 6.45) is 0. The Kier molecular flexibility index (Phi) is 6.09. The van der Waals surface area contributed by atoms with E-state index in [1.807, 2.05) is 6.92 Å². The summed E-state index contributed by atoms with van der Waals surface area (Å²) in [6, 6.07) is 16.0. The lowest BCUT2D eigenvalue weighted by Crippen LogP contribution is -2.20. The maximum atomic E-state index is 13.7. The van der Waals surface area contributed by atoms with Crippen LogP contribution in [-0.2, 0) is 10.0 Å². The lowest BCUT2D eigenvalue weighted by molar-refractivity contribution is 0.586. The highest BCUT2D eigenvalue weighted by Gasteiger charge is 2.13. The number of thiocarbonyl (C=S) groups is 1. The molecule has 3 rings (SSSR count). The number of sulfonamides is 1. The average molecular weight is 434 g/mol. The van der Waals surface area contributed by atoms with Gasteiger partial charge < -0.3 is 10.6 Å². The van der Waals surface area contributed by atoms with Gasteiger partial charge in [0.1, 0.15) is 11.6 Å². The van der Waals surface area contributed by atoms with E-state index in [4.69, 9.17) is 12.2 Å². The molecular formula is C20H17F2N3O2S2. The summed E-state index contributed by atoms with van der Waals surface area (Å²) in [6.45, 7) is 1.87. The van der Waals surface area contributed by atoms with Crippen molar-refractivity contribution < 1.29 is 17.2 Å². The molecule has 150 valence electrons. The molecular weight excluding hydrogens is 416 g/mol. The minimum absolute atomic E-state index is 0.0337. The first kappa shape index (κ1) is 20.7. The zero-order chi connectivity index (χ0) is 21.0. The van der Waals surface area contributed by atoms with E-state index in [0.29, 0.717) is 11.4 Å². The summed E-state index contributed by atoms with van der Waals surface area (Å²) in [4.78, 5) is 0.164. The number of anilines is 3. The molecule has 0 unspecified atom stereocenters. The Morgan fingerprint density at radius 3 is 2.10 bits per heavy atom. The lowest BCUT2D eigenvalue weighted by Gasteiger charge is -2.12. The zero-order valence-corrected chi connectivity index (χ0v) is 16.9. The van der Waals surface area contributed by atoms with Crippen LogP contribution in [0.3, 0.4) is 0 Å². The molecule has 3 aromatic carbocycles. The first-order valence-electron chi connectivity index (χ1n) is 8.45. The Morgan fingerprint density at radius 2 is 1.48 bits per heavy atom. The third-order valence-corrected chi connectivity index (χ3v) is 5.51. The number of aryl methyl sites for hydroxylation is 1. The minimum Gasteiger partial charge on any atom is -0.332 e. The molecule has 0 saturated heterocycles. The van der Waals surface area contributed by atoms with Crippen molar-refractivity contribution in [2.45, 2.75) is 11.8 Å². The molecule has 0 spiro atoms. The van der Waals surface area contributed by atoms with Crippen molar-refractivity contribution in [3.05, 3.63) is 83.9 Å². The first-order chi connectivity index (χ1) is 13.7. The van der Waals surface area contributed by atoms with Crippen LogP contribution < -0.4 is 15.4 Å². The monoisotopic (exact) mass is 433 g/mol. The van der Waals surface area contributed by atoms with E-state index < -0.39 is 21.7 Å². The number of hydrogen-bond donors (Lipinski definition) is 3. The molecule has 3 N–H and O–H groups in total. The van der Waals surface area contributed by atoms with Crippen LogP contribution in [0.5, 0.6) is 0 Å². The van der Waals surface area contributed by atoms with E-state index in [0.717, 1.165) is 17.7 Å². The van der Waals surface area contributed by atoms with Crippen LogP contribution in [0.1, 0.15) is 5.56 Å².